The molecule has 0 bridgehead atoms. The summed E-state index contributed by atoms with van der Waals surface area (Å²) < 4.78 is 10.8. The summed E-state index contributed by atoms with van der Waals surface area (Å²) in [4.78, 5) is 39.6. The number of carbonyl (C=O) groups excluding carboxylic acids is 2. The lowest BCUT2D eigenvalue weighted by molar-refractivity contribution is -0.122. The van der Waals surface area contributed by atoms with Gasteiger partial charge in [0, 0.05) is 23.6 Å². The highest BCUT2D eigenvalue weighted by molar-refractivity contribution is 6.30. The Morgan fingerprint density at radius 3 is 2.62 bits per heavy atom. The van der Waals surface area contributed by atoms with Crippen LogP contribution in [0, 0.1) is 0 Å². The number of rotatable bonds is 4. The molecule has 2 aliphatic rings. The molecule has 3 aromatic carbocycles. The van der Waals surface area contributed by atoms with Gasteiger partial charge in [0.1, 0.15) is 0 Å². The maximum Gasteiger partial charge on any atom is 0.336 e. The summed E-state index contributed by atoms with van der Waals surface area (Å²) in [6, 6.07) is 14.4. The van der Waals surface area contributed by atoms with Crippen LogP contribution < -0.4 is 9.47 Å². The summed E-state index contributed by atoms with van der Waals surface area (Å²) in [5.41, 5.74) is 3.00. The number of benzene rings is 3. The molecule has 1 amide bonds. The van der Waals surface area contributed by atoms with E-state index in [0.29, 0.717) is 44.3 Å². The molecule has 7 nitrogen and oxygen atoms in total. The van der Waals surface area contributed by atoms with Crippen LogP contribution in [0.4, 0.5) is 0 Å². The van der Waals surface area contributed by atoms with Crippen molar-refractivity contribution in [2.75, 3.05) is 6.79 Å². The second-order valence-electron chi connectivity index (χ2n) is 8.31. The molecule has 0 saturated carbocycles. The zero-order chi connectivity index (χ0) is 24.0. The SMILES string of the molecule is C[C@@H]1C(=O)Cc2cc(Cl)ccc2C(=O)N1Cc1ccc(C(=O)O)c(-c2ccc3c(c2)OCO3)c1. The number of aromatic carboxylic acids is 1. The average Bonchev–Trinajstić information content (AvgIpc) is 3.26. The molecule has 0 unspecified atom stereocenters. The van der Waals surface area contributed by atoms with Gasteiger partial charge in [-0.05, 0) is 71.6 Å². The summed E-state index contributed by atoms with van der Waals surface area (Å²) >= 11 is 6.08. The van der Waals surface area contributed by atoms with Crippen LogP contribution in [0.3, 0.4) is 0 Å². The van der Waals surface area contributed by atoms with E-state index in [1.165, 1.54) is 11.0 Å². The lowest BCUT2D eigenvalue weighted by Gasteiger charge is -2.27. The number of carboxylic acid groups (broad SMARTS) is 1. The summed E-state index contributed by atoms with van der Waals surface area (Å²) in [7, 11) is 0. The molecule has 0 spiro atoms. The van der Waals surface area contributed by atoms with Gasteiger partial charge in [0.2, 0.25) is 6.79 Å². The van der Waals surface area contributed by atoms with Gasteiger partial charge >= 0.3 is 5.97 Å². The first-order valence-electron chi connectivity index (χ1n) is 10.7. The molecule has 0 fully saturated rings. The third-order valence-corrected chi connectivity index (χ3v) is 6.44. The van der Waals surface area contributed by atoms with Crippen molar-refractivity contribution >= 4 is 29.3 Å². The summed E-state index contributed by atoms with van der Waals surface area (Å²) in [5.74, 6) is -0.293. The maximum atomic E-state index is 13.4. The van der Waals surface area contributed by atoms with Gasteiger partial charge in [0.15, 0.2) is 17.3 Å². The number of ketones is 1. The number of carbonyl (C=O) groups is 3. The first-order valence-corrected chi connectivity index (χ1v) is 11.1. The largest absolute Gasteiger partial charge is 0.478 e. The topological polar surface area (TPSA) is 93.1 Å². The molecule has 34 heavy (non-hydrogen) atoms. The molecular formula is C26H20ClNO6. The minimum atomic E-state index is -1.07. The van der Waals surface area contributed by atoms with Crippen molar-refractivity contribution in [3.63, 3.8) is 0 Å². The zero-order valence-electron chi connectivity index (χ0n) is 18.2. The fourth-order valence-corrected chi connectivity index (χ4v) is 4.54. The number of ether oxygens (including phenoxy) is 2. The van der Waals surface area contributed by atoms with Crippen LogP contribution in [0.1, 0.15) is 38.8 Å². The normalized spacial score (nSPS) is 16.9. The fourth-order valence-electron chi connectivity index (χ4n) is 4.34. The Hall–Kier alpha value is -3.84. The Labute approximate surface area is 200 Å². The molecule has 3 aromatic rings. The smallest absolute Gasteiger partial charge is 0.336 e. The number of carboxylic acids is 1. The highest BCUT2D eigenvalue weighted by atomic mass is 35.5. The van der Waals surface area contributed by atoms with Crippen LogP contribution >= 0.6 is 11.6 Å². The predicted octanol–water partition coefficient (Wildman–Crippen LogP) is 4.59. The number of halogens is 1. The maximum absolute atomic E-state index is 13.4. The number of fused-ring (bicyclic) bond motifs is 2. The lowest BCUT2D eigenvalue weighted by Crippen LogP contribution is -2.41. The van der Waals surface area contributed by atoms with Crippen molar-refractivity contribution in [2.45, 2.75) is 25.9 Å². The fraction of sp³-hybridized carbons (Fsp3) is 0.192. The highest BCUT2D eigenvalue weighted by Crippen LogP contribution is 2.37. The van der Waals surface area contributed by atoms with E-state index in [-0.39, 0.29) is 37.0 Å². The Kier molecular flexibility index (Phi) is 5.49. The van der Waals surface area contributed by atoms with Crippen LogP contribution in [0.2, 0.25) is 5.02 Å². The number of nitrogens with zero attached hydrogens (tertiary/aromatic N) is 1. The van der Waals surface area contributed by atoms with Crippen molar-refractivity contribution in [2.24, 2.45) is 0 Å². The van der Waals surface area contributed by atoms with E-state index in [1.54, 1.807) is 55.5 Å². The van der Waals surface area contributed by atoms with Gasteiger partial charge < -0.3 is 19.5 Å². The minimum Gasteiger partial charge on any atom is -0.478 e. The molecule has 1 N–H and O–H groups in total. The molecule has 0 aliphatic carbocycles. The van der Waals surface area contributed by atoms with E-state index in [0.717, 1.165) is 0 Å². The minimum absolute atomic E-state index is 0.0903. The lowest BCUT2D eigenvalue weighted by atomic mass is 9.96. The molecule has 0 aromatic heterocycles. The van der Waals surface area contributed by atoms with Crippen molar-refractivity contribution < 1.29 is 29.0 Å². The predicted molar refractivity (Wildman–Crippen MR) is 124 cm³/mol. The Bertz CT molecular complexity index is 1350. The Balaban J connectivity index is 1.53. The molecule has 1 atom stereocenters. The Morgan fingerprint density at radius 1 is 1.03 bits per heavy atom. The van der Waals surface area contributed by atoms with E-state index in [1.807, 2.05) is 0 Å². The number of hydrogen-bond acceptors (Lipinski definition) is 5. The standard InChI is InChI=1S/C26H20ClNO6/c1-14-22(29)10-17-9-18(27)4-6-19(17)25(30)28(14)12-15-2-5-20(26(31)32)21(8-15)16-3-7-23-24(11-16)34-13-33-23/h2-9,11,14H,10,12-13H2,1H3,(H,31,32)/t14-/m1/s1. The highest BCUT2D eigenvalue weighted by Gasteiger charge is 2.32. The monoisotopic (exact) mass is 477 g/mol. The zero-order valence-corrected chi connectivity index (χ0v) is 19.0. The van der Waals surface area contributed by atoms with E-state index in [9.17, 15) is 19.5 Å². The summed E-state index contributed by atoms with van der Waals surface area (Å²) in [6.45, 7) is 1.96. The van der Waals surface area contributed by atoms with Crippen LogP contribution in [0.15, 0.2) is 54.6 Å². The number of Topliss-reactive ketones (excluding diaryl/α,β-unsaturated/α-hetero) is 1. The van der Waals surface area contributed by atoms with E-state index < -0.39 is 12.0 Å². The van der Waals surface area contributed by atoms with Crippen LogP contribution in [-0.4, -0.2) is 40.5 Å². The van der Waals surface area contributed by atoms with Crippen molar-refractivity contribution in [1.82, 2.24) is 4.90 Å². The van der Waals surface area contributed by atoms with Gasteiger partial charge in [-0.3, -0.25) is 9.59 Å². The van der Waals surface area contributed by atoms with E-state index in [2.05, 4.69) is 0 Å². The number of amides is 1. The van der Waals surface area contributed by atoms with Gasteiger partial charge in [0.05, 0.1) is 11.6 Å². The number of hydrogen-bond donors (Lipinski definition) is 1. The summed E-state index contributed by atoms with van der Waals surface area (Å²) in [5, 5.41) is 10.2. The van der Waals surface area contributed by atoms with E-state index >= 15 is 0 Å². The second-order valence-corrected chi connectivity index (χ2v) is 8.74. The molecular weight excluding hydrogens is 458 g/mol. The Morgan fingerprint density at radius 2 is 1.82 bits per heavy atom. The molecule has 5 rings (SSSR count). The summed E-state index contributed by atoms with van der Waals surface area (Å²) in [6.07, 6.45) is 0.125. The first kappa shape index (κ1) is 22.0. The molecule has 2 heterocycles. The van der Waals surface area contributed by atoms with Gasteiger partial charge in [-0.2, -0.15) is 0 Å². The van der Waals surface area contributed by atoms with Crippen LogP contribution in [-0.2, 0) is 17.8 Å². The van der Waals surface area contributed by atoms with Crippen LogP contribution in [0.25, 0.3) is 11.1 Å². The van der Waals surface area contributed by atoms with E-state index in [4.69, 9.17) is 21.1 Å². The third-order valence-electron chi connectivity index (χ3n) is 6.21. The van der Waals surface area contributed by atoms with Gasteiger partial charge in [-0.1, -0.05) is 23.7 Å². The average molecular weight is 478 g/mol. The molecule has 8 heteroatoms. The second kappa shape index (κ2) is 8.50. The van der Waals surface area contributed by atoms with Crippen molar-refractivity contribution in [3.05, 3.63) is 81.9 Å². The van der Waals surface area contributed by atoms with Gasteiger partial charge in [-0.15, -0.1) is 0 Å². The van der Waals surface area contributed by atoms with Crippen LogP contribution in [0.5, 0.6) is 11.5 Å². The molecule has 0 saturated heterocycles. The molecule has 0 radical (unpaired) electrons. The van der Waals surface area contributed by atoms with Gasteiger partial charge in [-0.25, -0.2) is 4.79 Å². The molecule has 2 aliphatic heterocycles. The van der Waals surface area contributed by atoms with Crippen molar-refractivity contribution in [3.8, 4) is 22.6 Å². The van der Waals surface area contributed by atoms with Crippen molar-refractivity contribution in [1.29, 1.82) is 0 Å². The quantitative estimate of drug-likeness (QED) is 0.590. The third kappa shape index (κ3) is 3.88. The first-order chi connectivity index (χ1) is 16.3. The molecule has 172 valence electrons. The van der Waals surface area contributed by atoms with Gasteiger partial charge in [0.25, 0.3) is 5.91 Å².